The molecule has 0 bridgehead atoms. The lowest BCUT2D eigenvalue weighted by Gasteiger charge is -2.14. The molecule has 3 N–H and O–H groups in total. The van der Waals surface area contributed by atoms with Gasteiger partial charge in [-0.1, -0.05) is 19.9 Å². The van der Waals surface area contributed by atoms with Crippen molar-refractivity contribution < 1.29 is 0 Å². The lowest BCUT2D eigenvalue weighted by Crippen LogP contribution is -2.21. The molecular weight excluding hydrogens is 362 g/mol. The minimum Gasteiger partial charge on any atom is -0.367 e. The molecule has 29 heavy (non-hydrogen) atoms. The molecule has 3 heterocycles. The lowest BCUT2D eigenvalue weighted by molar-refractivity contribution is 0.425. The maximum absolute atomic E-state index is 4.76. The molecule has 3 aromatic rings. The average Bonchev–Trinajstić information content (AvgIpc) is 3.31. The van der Waals surface area contributed by atoms with E-state index in [1.807, 2.05) is 25.4 Å². The summed E-state index contributed by atoms with van der Waals surface area (Å²) in [5, 5.41) is 18.2. The summed E-state index contributed by atoms with van der Waals surface area (Å²) in [7, 11) is 4.12. The van der Waals surface area contributed by atoms with Crippen molar-refractivity contribution in [1.82, 2.24) is 30.3 Å². The number of likely N-dealkylation sites (N-methyl/N-ethyl adjacent to an activating group) is 1. The van der Waals surface area contributed by atoms with Crippen LogP contribution in [0.1, 0.15) is 36.7 Å². The Morgan fingerprint density at radius 2 is 2.03 bits per heavy atom. The van der Waals surface area contributed by atoms with Crippen LogP contribution in [0.2, 0.25) is 0 Å². The molecule has 0 aliphatic rings. The molecule has 0 unspecified atom stereocenters. The number of nitrogens with zero attached hydrogens (tertiary/aromatic N) is 4. The van der Waals surface area contributed by atoms with Gasteiger partial charge in [-0.25, -0.2) is 0 Å². The maximum atomic E-state index is 4.76. The van der Waals surface area contributed by atoms with E-state index in [0.717, 1.165) is 71.9 Å². The Balaban J connectivity index is 2.03. The first kappa shape index (κ1) is 20.8. The number of aromatic amines is 2. The van der Waals surface area contributed by atoms with E-state index in [-0.39, 0.29) is 0 Å². The van der Waals surface area contributed by atoms with Crippen molar-refractivity contribution in [2.24, 2.45) is 0 Å². The van der Waals surface area contributed by atoms with Crippen LogP contribution in [0.15, 0.2) is 25.0 Å². The molecule has 0 amide bonds. The summed E-state index contributed by atoms with van der Waals surface area (Å²) in [6.07, 6.45) is 8.85. The van der Waals surface area contributed by atoms with Crippen molar-refractivity contribution in [2.45, 2.75) is 33.1 Å². The molecule has 7 nitrogen and oxygen atoms in total. The van der Waals surface area contributed by atoms with Crippen LogP contribution in [-0.2, 0) is 6.42 Å². The van der Waals surface area contributed by atoms with Crippen molar-refractivity contribution in [3.05, 3.63) is 42.0 Å². The van der Waals surface area contributed by atoms with Gasteiger partial charge in [-0.15, -0.1) is 0 Å². The van der Waals surface area contributed by atoms with Crippen LogP contribution in [0.3, 0.4) is 0 Å². The second-order valence-corrected chi connectivity index (χ2v) is 7.53. The summed E-state index contributed by atoms with van der Waals surface area (Å²) in [5.74, 6) is 0.841. The quantitative estimate of drug-likeness (QED) is 0.482. The number of nitrogens with one attached hydrogen (secondary N) is 3. The molecule has 0 spiro atoms. The fourth-order valence-corrected chi connectivity index (χ4v) is 3.35. The van der Waals surface area contributed by atoms with Gasteiger partial charge in [0.2, 0.25) is 0 Å². The molecule has 0 aromatic carbocycles. The van der Waals surface area contributed by atoms with Gasteiger partial charge in [0, 0.05) is 36.1 Å². The number of hydrogen-bond acceptors (Lipinski definition) is 5. The number of pyridine rings is 1. The van der Waals surface area contributed by atoms with Gasteiger partial charge in [-0.05, 0) is 51.6 Å². The number of aromatic nitrogens is 5. The van der Waals surface area contributed by atoms with E-state index in [1.165, 1.54) is 5.56 Å². The monoisotopic (exact) mass is 393 g/mol. The molecule has 0 saturated heterocycles. The highest BCUT2D eigenvalue weighted by Gasteiger charge is 2.18. The molecule has 0 aliphatic heterocycles. The van der Waals surface area contributed by atoms with E-state index >= 15 is 0 Å². The fourth-order valence-electron chi connectivity index (χ4n) is 3.35. The van der Waals surface area contributed by atoms with E-state index in [2.05, 4.69) is 64.3 Å². The highest BCUT2D eigenvalue weighted by Crippen LogP contribution is 2.35. The number of H-pyrrole nitrogens is 2. The molecule has 0 aliphatic carbocycles. The van der Waals surface area contributed by atoms with Crippen LogP contribution < -0.4 is 5.32 Å². The number of aryl methyl sites for hydroxylation is 2. The van der Waals surface area contributed by atoms with Gasteiger partial charge in [0.15, 0.2) is 5.82 Å². The Morgan fingerprint density at radius 1 is 1.21 bits per heavy atom. The van der Waals surface area contributed by atoms with E-state index in [1.54, 1.807) is 0 Å². The predicted octanol–water partition coefficient (Wildman–Crippen LogP) is 4.13. The predicted molar refractivity (Wildman–Crippen MR) is 120 cm³/mol. The number of anilines is 1. The van der Waals surface area contributed by atoms with Crippen LogP contribution >= 0.6 is 0 Å². The SMILES string of the molecule is C=Cc1[nH]nc(NCCN(C)C)c1-c1cnc(-c2cn[nH]c2C)cc1CCCC. The van der Waals surface area contributed by atoms with Crippen LogP contribution in [0.5, 0.6) is 0 Å². The van der Waals surface area contributed by atoms with Gasteiger partial charge in [-0.3, -0.25) is 15.2 Å². The summed E-state index contributed by atoms with van der Waals surface area (Å²) in [6.45, 7) is 9.93. The molecule has 0 atom stereocenters. The van der Waals surface area contributed by atoms with Crippen LogP contribution in [0.25, 0.3) is 28.5 Å². The average molecular weight is 394 g/mol. The molecule has 0 radical (unpaired) electrons. The van der Waals surface area contributed by atoms with Gasteiger partial charge in [0.1, 0.15) is 0 Å². The van der Waals surface area contributed by atoms with E-state index < -0.39 is 0 Å². The maximum Gasteiger partial charge on any atom is 0.156 e. The zero-order valence-corrected chi connectivity index (χ0v) is 17.8. The minimum absolute atomic E-state index is 0.811. The topological polar surface area (TPSA) is 85.5 Å². The number of hydrogen-bond donors (Lipinski definition) is 3. The van der Waals surface area contributed by atoms with E-state index in [9.17, 15) is 0 Å². The largest absolute Gasteiger partial charge is 0.367 e. The number of rotatable bonds is 10. The first-order valence-corrected chi connectivity index (χ1v) is 10.1. The summed E-state index contributed by atoms with van der Waals surface area (Å²) < 4.78 is 0. The highest BCUT2D eigenvalue weighted by molar-refractivity contribution is 5.84. The van der Waals surface area contributed by atoms with Crippen molar-refractivity contribution in [3.8, 4) is 22.4 Å². The summed E-state index contributed by atoms with van der Waals surface area (Å²) >= 11 is 0. The van der Waals surface area contributed by atoms with Crippen LogP contribution in [-0.4, -0.2) is 57.5 Å². The van der Waals surface area contributed by atoms with Crippen molar-refractivity contribution in [1.29, 1.82) is 0 Å². The first-order chi connectivity index (χ1) is 14.0. The normalized spacial score (nSPS) is 11.2. The van der Waals surface area contributed by atoms with Crippen molar-refractivity contribution in [3.63, 3.8) is 0 Å². The summed E-state index contributed by atoms with van der Waals surface area (Å²) in [5.41, 5.74) is 7.30. The molecule has 7 heteroatoms. The van der Waals surface area contributed by atoms with Crippen molar-refractivity contribution in [2.75, 3.05) is 32.5 Å². The van der Waals surface area contributed by atoms with Crippen LogP contribution in [0.4, 0.5) is 5.82 Å². The Kier molecular flexibility index (Phi) is 6.82. The van der Waals surface area contributed by atoms with Gasteiger partial charge in [-0.2, -0.15) is 10.2 Å². The second kappa shape index (κ2) is 9.52. The minimum atomic E-state index is 0.811. The standard InChI is InChI=1S/C22H31N7/c1-6-8-9-16-12-20(17-14-25-26-15(17)3)24-13-18(16)21-19(7-2)27-28-22(21)23-10-11-29(4)5/h7,12-14H,2,6,8-11H2,1,3-5H3,(H,25,26)(H2,23,27,28). The third-order valence-corrected chi connectivity index (χ3v) is 5.01. The smallest absolute Gasteiger partial charge is 0.156 e. The molecule has 0 fully saturated rings. The molecular formula is C22H31N7. The first-order valence-electron chi connectivity index (χ1n) is 10.1. The molecule has 3 aromatic heterocycles. The molecule has 154 valence electrons. The number of unbranched alkanes of at least 4 members (excludes halogenated alkanes) is 1. The second-order valence-electron chi connectivity index (χ2n) is 7.53. The molecule has 0 saturated carbocycles. The van der Waals surface area contributed by atoms with Crippen LogP contribution in [0, 0.1) is 6.92 Å². The zero-order valence-electron chi connectivity index (χ0n) is 17.8. The van der Waals surface area contributed by atoms with Crippen molar-refractivity contribution >= 4 is 11.9 Å². The Morgan fingerprint density at radius 3 is 2.69 bits per heavy atom. The lowest BCUT2D eigenvalue weighted by atomic mass is 9.95. The third kappa shape index (κ3) is 4.74. The van der Waals surface area contributed by atoms with Gasteiger partial charge in [0.25, 0.3) is 0 Å². The highest BCUT2D eigenvalue weighted by atomic mass is 15.2. The summed E-state index contributed by atoms with van der Waals surface area (Å²) in [6, 6.07) is 2.19. The van der Waals surface area contributed by atoms with Gasteiger partial charge in [0.05, 0.1) is 23.1 Å². The van der Waals surface area contributed by atoms with E-state index in [0.29, 0.717) is 0 Å². The van der Waals surface area contributed by atoms with Gasteiger partial charge < -0.3 is 10.2 Å². The third-order valence-electron chi connectivity index (χ3n) is 5.01. The summed E-state index contributed by atoms with van der Waals surface area (Å²) in [4.78, 5) is 6.90. The van der Waals surface area contributed by atoms with Gasteiger partial charge >= 0.3 is 0 Å². The fraction of sp³-hybridized carbons (Fsp3) is 0.409. The molecule has 3 rings (SSSR count). The van der Waals surface area contributed by atoms with E-state index in [4.69, 9.17) is 4.98 Å². The zero-order chi connectivity index (χ0) is 20.8. The Labute approximate surface area is 172 Å². The Bertz CT molecular complexity index is 952. The Hall–Kier alpha value is -2.93.